The fourth-order valence-corrected chi connectivity index (χ4v) is 6.98. The van der Waals surface area contributed by atoms with Gasteiger partial charge in [-0.1, -0.05) is 24.3 Å². The summed E-state index contributed by atoms with van der Waals surface area (Å²) < 4.78 is 63.7. The summed E-state index contributed by atoms with van der Waals surface area (Å²) in [6.07, 6.45) is -7.78. The first-order valence-electron chi connectivity index (χ1n) is 17.3. The molecule has 54 heavy (non-hydrogen) atoms. The Kier molecular flexibility index (Phi) is 12.4. The van der Waals surface area contributed by atoms with Gasteiger partial charge in [-0.05, 0) is 51.3 Å². The van der Waals surface area contributed by atoms with Crippen LogP contribution in [0.3, 0.4) is 0 Å². The van der Waals surface area contributed by atoms with Crippen LogP contribution in [0.25, 0.3) is 6.08 Å². The Balaban J connectivity index is 1.32. The van der Waals surface area contributed by atoms with Gasteiger partial charge in [0.25, 0.3) is 0 Å². The number of alkyl halides is 3. The fraction of sp³-hybridized carbons (Fsp3) is 0.629. The van der Waals surface area contributed by atoms with Crippen LogP contribution in [-0.4, -0.2) is 125 Å². The van der Waals surface area contributed by atoms with E-state index in [0.29, 0.717) is 11.1 Å². The first-order chi connectivity index (χ1) is 25.3. The molecule has 3 aliphatic heterocycles. The SMILES string of the molecule is CC(O)C(NC(=O)C12CC3OC(=O)C1N(Cc1ccc(C=CC(=O)OCC(F)(F)F)cc1)OC2C1OCOC31)C(=O)NC(CO)CCC(=O)OC(C)(C)C. The van der Waals surface area contributed by atoms with Crippen LogP contribution in [0.4, 0.5) is 13.2 Å². The zero-order valence-corrected chi connectivity index (χ0v) is 30.0. The number of aliphatic hydroxyl groups is 2. The van der Waals surface area contributed by atoms with Crippen LogP contribution in [-0.2, 0) is 59.0 Å². The van der Waals surface area contributed by atoms with Crippen molar-refractivity contribution < 1.29 is 75.9 Å². The molecule has 9 unspecified atom stereocenters. The third-order valence-electron chi connectivity index (χ3n) is 9.34. The number of hydrogen-bond acceptors (Lipinski definition) is 14. The Bertz CT molecular complexity index is 1600. The Hall–Kier alpha value is -4.14. The molecule has 4 N–H and O–H groups in total. The summed E-state index contributed by atoms with van der Waals surface area (Å²) in [5, 5.41) is 27.0. The van der Waals surface area contributed by atoms with E-state index in [-0.39, 0.29) is 32.6 Å². The molecule has 5 rings (SSSR count). The van der Waals surface area contributed by atoms with Crippen molar-refractivity contribution in [1.29, 1.82) is 0 Å². The van der Waals surface area contributed by atoms with Crippen molar-refractivity contribution in [3.05, 3.63) is 41.5 Å². The number of esters is 3. The Morgan fingerprint density at radius 2 is 1.78 bits per heavy atom. The predicted octanol–water partition coefficient (Wildman–Crippen LogP) is 0.811. The topological polar surface area (TPSA) is 208 Å². The fourth-order valence-electron chi connectivity index (χ4n) is 6.98. The van der Waals surface area contributed by atoms with Crippen LogP contribution >= 0.6 is 0 Å². The summed E-state index contributed by atoms with van der Waals surface area (Å²) in [4.78, 5) is 71.8. The number of hydroxylamine groups is 2. The van der Waals surface area contributed by atoms with E-state index in [9.17, 15) is 47.4 Å². The molecule has 19 heteroatoms. The number of nitrogens with zero attached hydrogens (tertiary/aromatic N) is 1. The number of nitrogens with one attached hydrogen (secondary N) is 2. The molecule has 1 aromatic rings. The van der Waals surface area contributed by atoms with Crippen LogP contribution in [0.1, 0.15) is 58.1 Å². The van der Waals surface area contributed by atoms with E-state index < -0.39 is 109 Å². The van der Waals surface area contributed by atoms with Gasteiger partial charge in [0.15, 0.2) is 12.6 Å². The van der Waals surface area contributed by atoms with Gasteiger partial charge in [-0.3, -0.25) is 24.0 Å². The lowest BCUT2D eigenvalue weighted by atomic mass is 9.62. The minimum atomic E-state index is -4.66. The van der Waals surface area contributed by atoms with Crippen LogP contribution in [0.15, 0.2) is 30.3 Å². The highest BCUT2D eigenvalue weighted by Crippen LogP contribution is 2.55. The van der Waals surface area contributed by atoms with Crippen molar-refractivity contribution in [3.8, 4) is 0 Å². The summed E-state index contributed by atoms with van der Waals surface area (Å²) in [5.74, 6) is -4.17. The highest BCUT2D eigenvalue weighted by molar-refractivity contribution is 5.96. The predicted molar refractivity (Wildman–Crippen MR) is 176 cm³/mol. The zero-order valence-electron chi connectivity index (χ0n) is 30.0. The second-order valence-corrected chi connectivity index (χ2v) is 14.6. The zero-order chi connectivity index (χ0) is 39.6. The van der Waals surface area contributed by atoms with Gasteiger partial charge in [-0.25, -0.2) is 4.79 Å². The minimum absolute atomic E-state index is 0.00814. The number of benzene rings is 1. The molecular weight excluding hydrogens is 727 g/mol. The molecule has 1 saturated carbocycles. The standard InChI is InChI=1S/C35H44F3N3O13/c1-18(43)25(30(46)39-21(15-42)10-12-24(45)53-33(2,3)4)40-32(48)34-13-22-26-27(51-17-50-26)29(34)54-41(28(34)31(47)52-22)14-20-7-5-19(6-8-20)9-11-23(44)49-16-35(36,37)38/h5-9,11,18,21-22,25-29,42-43H,10,12-17H2,1-4H3,(H,39,46)(H,40,48). The van der Waals surface area contributed by atoms with E-state index in [1.165, 1.54) is 18.1 Å². The molecule has 9 atom stereocenters. The number of carbonyl (C=O) groups is 5. The van der Waals surface area contributed by atoms with E-state index in [0.717, 1.165) is 6.08 Å². The average Bonchev–Trinajstić information content (AvgIpc) is 3.71. The molecule has 0 spiro atoms. The molecule has 16 nitrogen and oxygen atoms in total. The Morgan fingerprint density at radius 3 is 2.41 bits per heavy atom. The van der Waals surface area contributed by atoms with Crippen molar-refractivity contribution in [1.82, 2.24) is 15.7 Å². The van der Waals surface area contributed by atoms with Crippen molar-refractivity contribution in [2.24, 2.45) is 5.41 Å². The van der Waals surface area contributed by atoms with Gasteiger partial charge in [0, 0.05) is 18.9 Å². The van der Waals surface area contributed by atoms with E-state index in [1.54, 1.807) is 45.0 Å². The molecule has 298 valence electrons. The first-order valence-corrected chi connectivity index (χ1v) is 17.3. The maximum atomic E-state index is 14.5. The van der Waals surface area contributed by atoms with E-state index in [2.05, 4.69) is 15.4 Å². The van der Waals surface area contributed by atoms with Crippen LogP contribution < -0.4 is 10.6 Å². The summed E-state index contributed by atoms with van der Waals surface area (Å²) in [6, 6.07) is 2.53. The number of rotatable bonds is 14. The molecule has 0 aromatic heterocycles. The molecule has 0 radical (unpaired) electrons. The number of amides is 2. The quantitative estimate of drug-likeness (QED) is 0.117. The largest absolute Gasteiger partial charge is 0.460 e. The van der Waals surface area contributed by atoms with Gasteiger partial charge < -0.3 is 44.5 Å². The molecule has 3 saturated heterocycles. The monoisotopic (exact) mass is 771 g/mol. The van der Waals surface area contributed by atoms with E-state index in [4.69, 9.17) is 23.8 Å². The van der Waals surface area contributed by atoms with Crippen molar-refractivity contribution in [2.45, 2.75) is 114 Å². The number of aliphatic hydroxyl groups excluding tert-OH is 2. The lowest BCUT2D eigenvalue weighted by Crippen LogP contribution is -2.71. The average molecular weight is 772 g/mol. The van der Waals surface area contributed by atoms with Gasteiger partial charge in [-0.15, -0.1) is 0 Å². The van der Waals surface area contributed by atoms with Crippen molar-refractivity contribution in [3.63, 3.8) is 0 Å². The van der Waals surface area contributed by atoms with Crippen LogP contribution in [0, 0.1) is 5.41 Å². The third kappa shape index (κ3) is 9.38. The summed E-state index contributed by atoms with van der Waals surface area (Å²) in [7, 11) is 0. The van der Waals surface area contributed by atoms with Gasteiger partial charge in [0.05, 0.1) is 25.3 Å². The first kappa shape index (κ1) is 41.0. The van der Waals surface area contributed by atoms with Gasteiger partial charge in [-0.2, -0.15) is 18.2 Å². The molecule has 2 bridgehead atoms. The maximum Gasteiger partial charge on any atom is 0.422 e. The summed E-state index contributed by atoms with van der Waals surface area (Å²) >= 11 is 0. The molecule has 4 aliphatic rings. The lowest BCUT2D eigenvalue weighted by Gasteiger charge is -2.49. The number of carbonyl (C=O) groups excluding carboxylic acids is 5. The lowest BCUT2D eigenvalue weighted by molar-refractivity contribution is -0.201. The summed E-state index contributed by atoms with van der Waals surface area (Å²) in [6.45, 7) is 3.88. The number of hydrogen-bond donors (Lipinski definition) is 4. The number of fused-ring (bicyclic) bond motifs is 4. The third-order valence-corrected chi connectivity index (χ3v) is 9.34. The molecule has 4 fully saturated rings. The van der Waals surface area contributed by atoms with E-state index >= 15 is 0 Å². The van der Waals surface area contributed by atoms with Crippen LogP contribution in [0.5, 0.6) is 0 Å². The number of halogens is 3. The highest BCUT2D eigenvalue weighted by atomic mass is 19.4. The Labute approximate surface area is 308 Å². The van der Waals surface area contributed by atoms with E-state index in [1.807, 2.05) is 0 Å². The number of ether oxygens (including phenoxy) is 5. The van der Waals surface area contributed by atoms with Gasteiger partial charge in [0.2, 0.25) is 11.8 Å². The van der Waals surface area contributed by atoms with Gasteiger partial charge >= 0.3 is 24.1 Å². The molecule has 2 amide bonds. The minimum Gasteiger partial charge on any atom is -0.460 e. The smallest absolute Gasteiger partial charge is 0.422 e. The summed E-state index contributed by atoms with van der Waals surface area (Å²) in [5.41, 5.74) is -1.40. The molecule has 3 heterocycles. The van der Waals surface area contributed by atoms with Crippen LogP contribution in [0.2, 0.25) is 0 Å². The Morgan fingerprint density at radius 1 is 1.09 bits per heavy atom. The molecule has 1 aromatic carbocycles. The molecular formula is C35H44F3N3O13. The van der Waals surface area contributed by atoms with Crippen molar-refractivity contribution >= 4 is 35.8 Å². The highest BCUT2D eigenvalue weighted by Gasteiger charge is 2.74. The maximum absolute atomic E-state index is 14.5. The normalized spacial score (nSPS) is 28.1. The molecule has 1 aliphatic carbocycles. The second-order valence-electron chi connectivity index (χ2n) is 14.6. The van der Waals surface area contributed by atoms with Crippen molar-refractivity contribution in [2.75, 3.05) is 20.0 Å². The van der Waals surface area contributed by atoms with Gasteiger partial charge in [0.1, 0.15) is 48.3 Å². The second kappa shape index (κ2) is 16.3.